The highest BCUT2D eigenvalue weighted by Gasteiger charge is 2.34. The number of hydrogen-bond acceptors (Lipinski definition) is 2. The van der Waals surface area contributed by atoms with Gasteiger partial charge >= 0.3 is 6.18 Å². The highest BCUT2D eigenvalue weighted by Crippen LogP contribution is 2.32. The van der Waals surface area contributed by atoms with E-state index in [1.165, 1.54) is 0 Å². The molecule has 0 spiro atoms. The number of nitrogens with one attached hydrogen (secondary N) is 2. The molecule has 1 rings (SSSR count). The molecule has 1 aromatic rings. The van der Waals surface area contributed by atoms with E-state index >= 15 is 0 Å². The second-order valence-corrected chi connectivity index (χ2v) is 4.74. The van der Waals surface area contributed by atoms with Crippen LogP contribution >= 0.6 is 0 Å². The number of hydrogen-bond donors (Lipinski definition) is 2. The van der Waals surface area contributed by atoms with Crippen molar-refractivity contribution >= 4 is 11.6 Å². The zero-order chi connectivity index (χ0) is 15.3. The second-order valence-electron chi connectivity index (χ2n) is 4.74. The van der Waals surface area contributed by atoms with Crippen molar-refractivity contribution in [3.8, 4) is 0 Å². The Kier molecular flexibility index (Phi) is 5.35. The minimum Gasteiger partial charge on any atom is -0.376 e. The van der Waals surface area contributed by atoms with Crippen LogP contribution in [0.2, 0.25) is 0 Å². The van der Waals surface area contributed by atoms with Gasteiger partial charge in [-0.05, 0) is 24.1 Å². The fraction of sp³-hybridized carbons (Fsp3) is 0.462. The molecule has 0 heterocycles. The minimum absolute atomic E-state index is 0.0402. The molecule has 0 aliphatic carbocycles. The van der Waals surface area contributed by atoms with E-state index in [0.717, 1.165) is 12.1 Å². The molecule has 1 amide bonds. The number of carbonyl (C=O) groups excluding carboxylic acids is 1. The summed E-state index contributed by atoms with van der Waals surface area (Å²) in [6.07, 6.45) is -4.76. The van der Waals surface area contributed by atoms with Crippen LogP contribution in [0.1, 0.15) is 19.4 Å². The molecule has 0 saturated heterocycles. The van der Waals surface area contributed by atoms with Crippen molar-refractivity contribution in [2.24, 2.45) is 5.92 Å². The third-order valence-electron chi connectivity index (χ3n) is 2.43. The third-order valence-corrected chi connectivity index (χ3v) is 2.43. The number of benzene rings is 1. The van der Waals surface area contributed by atoms with Crippen LogP contribution in [0.25, 0.3) is 0 Å². The van der Waals surface area contributed by atoms with Crippen LogP contribution in [0.15, 0.2) is 18.2 Å². The first kappa shape index (κ1) is 16.3. The predicted molar refractivity (Wildman–Crippen MR) is 67.7 cm³/mol. The largest absolute Gasteiger partial charge is 0.419 e. The van der Waals surface area contributed by atoms with Gasteiger partial charge in [-0.1, -0.05) is 13.8 Å². The van der Waals surface area contributed by atoms with Crippen molar-refractivity contribution in [1.82, 2.24) is 5.32 Å². The maximum atomic E-state index is 13.0. The Bertz CT molecular complexity index is 472. The molecule has 112 valence electrons. The highest BCUT2D eigenvalue weighted by molar-refractivity contribution is 5.80. The van der Waals surface area contributed by atoms with E-state index in [-0.39, 0.29) is 24.1 Å². The van der Waals surface area contributed by atoms with Gasteiger partial charge in [0.2, 0.25) is 5.91 Å². The van der Waals surface area contributed by atoms with Crippen molar-refractivity contribution in [2.45, 2.75) is 20.0 Å². The lowest BCUT2D eigenvalue weighted by molar-refractivity contribution is -0.139. The first-order valence-electron chi connectivity index (χ1n) is 6.07. The molecule has 0 fully saturated rings. The quantitative estimate of drug-likeness (QED) is 0.819. The van der Waals surface area contributed by atoms with E-state index in [9.17, 15) is 22.4 Å². The zero-order valence-corrected chi connectivity index (χ0v) is 11.1. The normalized spacial score (nSPS) is 11.6. The summed E-state index contributed by atoms with van der Waals surface area (Å²) >= 11 is 0. The second kappa shape index (κ2) is 6.58. The molecule has 0 radical (unpaired) electrons. The molecule has 1 aromatic carbocycles. The maximum absolute atomic E-state index is 13.0. The van der Waals surface area contributed by atoms with Gasteiger partial charge in [-0.15, -0.1) is 0 Å². The average molecular weight is 292 g/mol. The zero-order valence-electron chi connectivity index (χ0n) is 11.1. The van der Waals surface area contributed by atoms with Crippen molar-refractivity contribution in [1.29, 1.82) is 0 Å². The molecule has 0 aliphatic heterocycles. The fourth-order valence-electron chi connectivity index (χ4n) is 1.42. The lowest BCUT2D eigenvalue weighted by atomic mass is 10.2. The van der Waals surface area contributed by atoms with Gasteiger partial charge in [-0.25, -0.2) is 4.39 Å². The SMILES string of the molecule is CC(C)CNC(=O)CNc1ccc(F)c(C(F)(F)F)c1. The Balaban J connectivity index is 2.63. The number of halogens is 4. The summed E-state index contributed by atoms with van der Waals surface area (Å²) in [6.45, 7) is 4.15. The Morgan fingerprint density at radius 1 is 1.30 bits per heavy atom. The average Bonchev–Trinajstić information content (AvgIpc) is 2.33. The van der Waals surface area contributed by atoms with E-state index in [4.69, 9.17) is 0 Å². The van der Waals surface area contributed by atoms with Crippen molar-refractivity contribution < 1.29 is 22.4 Å². The summed E-state index contributed by atoms with van der Waals surface area (Å²) in [5, 5.41) is 5.14. The van der Waals surface area contributed by atoms with Gasteiger partial charge in [0.15, 0.2) is 0 Å². The molecule has 0 bridgehead atoms. The van der Waals surface area contributed by atoms with Crippen molar-refractivity contribution in [2.75, 3.05) is 18.4 Å². The monoisotopic (exact) mass is 292 g/mol. The molecular weight excluding hydrogens is 276 g/mol. The van der Waals surface area contributed by atoms with Crippen LogP contribution in [-0.2, 0) is 11.0 Å². The van der Waals surface area contributed by atoms with Crippen LogP contribution in [0, 0.1) is 11.7 Å². The van der Waals surface area contributed by atoms with Crippen LogP contribution < -0.4 is 10.6 Å². The third kappa shape index (κ3) is 5.07. The Morgan fingerprint density at radius 2 is 1.95 bits per heavy atom. The van der Waals surface area contributed by atoms with Crippen molar-refractivity contribution in [3.63, 3.8) is 0 Å². The van der Waals surface area contributed by atoms with E-state index in [2.05, 4.69) is 10.6 Å². The maximum Gasteiger partial charge on any atom is 0.419 e. The molecule has 7 heteroatoms. The number of carbonyl (C=O) groups is 1. The molecular formula is C13H16F4N2O. The summed E-state index contributed by atoms with van der Waals surface area (Å²) in [4.78, 5) is 11.4. The van der Waals surface area contributed by atoms with Gasteiger partial charge in [0.25, 0.3) is 0 Å². The minimum atomic E-state index is -4.76. The molecule has 0 atom stereocenters. The van der Waals surface area contributed by atoms with E-state index in [1.807, 2.05) is 13.8 Å². The number of anilines is 1. The molecule has 0 saturated carbocycles. The topological polar surface area (TPSA) is 41.1 Å². The lowest BCUT2D eigenvalue weighted by Gasteiger charge is -2.12. The summed E-state index contributed by atoms with van der Waals surface area (Å²) in [7, 11) is 0. The van der Waals surface area contributed by atoms with Crippen LogP contribution in [-0.4, -0.2) is 19.0 Å². The summed E-state index contributed by atoms with van der Waals surface area (Å²) in [5.41, 5.74) is -1.32. The fourth-order valence-corrected chi connectivity index (χ4v) is 1.42. The van der Waals surface area contributed by atoms with E-state index < -0.39 is 17.6 Å². The molecule has 2 N–H and O–H groups in total. The van der Waals surface area contributed by atoms with Gasteiger partial charge < -0.3 is 10.6 Å². The number of alkyl halides is 3. The van der Waals surface area contributed by atoms with E-state index in [0.29, 0.717) is 12.6 Å². The molecule has 0 unspecified atom stereocenters. The first-order chi connectivity index (χ1) is 9.20. The summed E-state index contributed by atoms with van der Waals surface area (Å²) in [6, 6.07) is 2.52. The van der Waals surface area contributed by atoms with Gasteiger partial charge in [0.1, 0.15) is 5.82 Å². The van der Waals surface area contributed by atoms with Crippen molar-refractivity contribution in [3.05, 3.63) is 29.6 Å². The Hall–Kier alpha value is -1.79. The molecule has 0 aromatic heterocycles. The predicted octanol–water partition coefficient (Wildman–Crippen LogP) is 3.03. The lowest BCUT2D eigenvalue weighted by Crippen LogP contribution is -2.32. The number of rotatable bonds is 5. The van der Waals surface area contributed by atoms with Gasteiger partial charge in [-0.2, -0.15) is 13.2 Å². The number of amides is 1. The van der Waals surface area contributed by atoms with Gasteiger partial charge in [-0.3, -0.25) is 4.79 Å². The van der Waals surface area contributed by atoms with Gasteiger partial charge in [0.05, 0.1) is 12.1 Å². The van der Waals surface area contributed by atoms with E-state index in [1.54, 1.807) is 0 Å². The Labute approximate surface area is 114 Å². The smallest absolute Gasteiger partial charge is 0.376 e. The molecule has 3 nitrogen and oxygen atoms in total. The highest BCUT2D eigenvalue weighted by atomic mass is 19.4. The van der Waals surface area contributed by atoms with Crippen LogP contribution in [0.4, 0.5) is 23.2 Å². The summed E-state index contributed by atoms with van der Waals surface area (Å²) < 4.78 is 50.5. The van der Waals surface area contributed by atoms with Gasteiger partial charge in [0, 0.05) is 12.2 Å². The molecule has 0 aliphatic rings. The first-order valence-corrected chi connectivity index (χ1v) is 6.07. The van der Waals surface area contributed by atoms with Crippen LogP contribution in [0.3, 0.4) is 0 Å². The van der Waals surface area contributed by atoms with Crippen LogP contribution in [0.5, 0.6) is 0 Å². The molecule has 20 heavy (non-hydrogen) atoms. The standard InChI is InChI=1S/C13H16F4N2O/c1-8(2)6-19-12(20)7-18-9-3-4-11(14)10(5-9)13(15,16)17/h3-5,8,18H,6-7H2,1-2H3,(H,19,20). The summed E-state index contributed by atoms with van der Waals surface area (Å²) in [5.74, 6) is -1.40. The Morgan fingerprint density at radius 3 is 2.50 bits per heavy atom.